The molecule has 0 aliphatic carbocycles. The molecule has 1 aromatic carbocycles. The molecular weight excluding hydrogens is 335 g/mol. The van der Waals surface area contributed by atoms with E-state index < -0.39 is 30.2 Å². The molecule has 23 heavy (non-hydrogen) atoms. The highest BCUT2D eigenvalue weighted by molar-refractivity contribution is 6.31. The van der Waals surface area contributed by atoms with E-state index >= 15 is 0 Å². The molecule has 0 N–H and O–H groups in total. The van der Waals surface area contributed by atoms with Crippen molar-refractivity contribution in [1.82, 2.24) is 14.5 Å². The van der Waals surface area contributed by atoms with E-state index in [-0.39, 0.29) is 18.4 Å². The molecule has 0 spiro atoms. The van der Waals surface area contributed by atoms with Crippen LogP contribution < -0.4 is 5.56 Å². The summed E-state index contributed by atoms with van der Waals surface area (Å²) in [5.74, 6) is -0.729. The van der Waals surface area contributed by atoms with Crippen molar-refractivity contribution in [1.29, 1.82) is 0 Å². The number of fused-ring (bicyclic) bond motifs is 1. The molecule has 9 heteroatoms. The molecule has 1 amide bonds. The molecule has 1 aliphatic rings. The fourth-order valence-electron chi connectivity index (χ4n) is 2.68. The van der Waals surface area contributed by atoms with Gasteiger partial charge in [-0.3, -0.25) is 14.2 Å². The fourth-order valence-corrected chi connectivity index (χ4v) is 2.86. The first-order valence-electron chi connectivity index (χ1n) is 6.78. The van der Waals surface area contributed by atoms with Crippen LogP contribution in [0.25, 0.3) is 10.9 Å². The lowest BCUT2D eigenvalue weighted by Crippen LogP contribution is -2.38. The minimum atomic E-state index is -4.47. The van der Waals surface area contributed by atoms with Gasteiger partial charge in [-0.05, 0) is 24.6 Å². The summed E-state index contributed by atoms with van der Waals surface area (Å²) in [6.45, 7) is -1.37. The quantitative estimate of drug-likeness (QED) is 0.839. The van der Waals surface area contributed by atoms with Crippen molar-refractivity contribution in [3.63, 3.8) is 0 Å². The molecule has 0 saturated carbocycles. The molecule has 0 bridgehead atoms. The number of carbonyl (C=O) groups is 1. The predicted molar refractivity (Wildman–Crippen MR) is 77.3 cm³/mol. The van der Waals surface area contributed by atoms with Crippen LogP contribution in [-0.4, -0.2) is 39.6 Å². The second kappa shape index (κ2) is 5.52. The van der Waals surface area contributed by atoms with E-state index in [9.17, 15) is 22.8 Å². The first-order valence-corrected chi connectivity index (χ1v) is 7.16. The van der Waals surface area contributed by atoms with Crippen LogP contribution in [-0.2, 0) is 4.79 Å². The Morgan fingerprint density at radius 1 is 1.30 bits per heavy atom. The molecule has 3 rings (SSSR count). The third kappa shape index (κ3) is 3.03. The van der Waals surface area contributed by atoms with Crippen LogP contribution in [0.3, 0.4) is 0 Å². The van der Waals surface area contributed by atoms with Gasteiger partial charge in [-0.25, -0.2) is 4.98 Å². The van der Waals surface area contributed by atoms with Crippen LogP contribution in [0.4, 0.5) is 13.2 Å². The highest BCUT2D eigenvalue weighted by Gasteiger charge is 2.40. The molecule has 122 valence electrons. The van der Waals surface area contributed by atoms with E-state index in [1.807, 2.05) is 0 Å². The molecule has 0 radical (unpaired) electrons. The van der Waals surface area contributed by atoms with E-state index in [1.54, 1.807) is 12.1 Å². The Labute approximate surface area is 133 Å². The summed E-state index contributed by atoms with van der Waals surface area (Å²) in [5.41, 5.74) is -0.0852. The summed E-state index contributed by atoms with van der Waals surface area (Å²) in [5, 5.41) is 0.563. The minimum Gasteiger partial charge on any atom is -0.332 e. The van der Waals surface area contributed by atoms with Crippen LogP contribution in [0.1, 0.15) is 12.5 Å². The van der Waals surface area contributed by atoms with Gasteiger partial charge in [0.25, 0.3) is 5.56 Å². The van der Waals surface area contributed by atoms with Gasteiger partial charge < -0.3 is 4.90 Å². The van der Waals surface area contributed by atoms with Crippen molar-refractivity contribution < 1.29 is 18.0 Å². The second-order valence-corrected chi connectivity index (χ2v) is 5.73. The Morgan fingerprint density at radius 2 is 2.04 bits per heavy atom. The number of nitrogens with zero attached hydrogens (tertiary/aromatic N) is 3. The summed E-state index contributed by atoms with van der Waals surface area (Å²) >= 11 is 5.85. The zero-order valence-corrected chi connectivity index (χ0v) is 12.4. The molecule has 5 nitrogen and oxygen atoms in total. The molecular formula is C14H11ClF3N3O2. The number of halogens is 4. The normalized spacial score (nSPS) is 18.9. The smallest absolute Gasteiger partial charge is 0.332 e. The maximum atomic E-state index is 12.5. The number of likely N-dealkylation sites (tertiary alicyclic amines) is 1. The Morgan fingerprint density at radius 3 is 2.74 bits per heavy atom. The maximum Gasteiger partial charge on any atom is 0.406 e. The number of hydrogen-bond donors (Lipinski definition) is 0. The largest absolute Gasteiger partial charge is 0.406 e. The summed E-state index contributed by atoms with van der Waals surface area (Å²) in [4.78, 5) is 29.4. The Bertz CT molecular complexity index is 834. The zero-order chi connectivity index (χ0) is 16.8. The topological polar surface area (TPSA) is 55.2 Å². The predicted octanol–water partition coefficient (Wildman–Crippen LogP) is 2.39. The van der Waals surface area contributed by atoms with E-state index in [4.69, 9.17) is 11.6 Å². The molecule has 0 unspecified atom stereocenters. The van der Waals surface area contributed by atoms with Gasteiger partial charge in [0.1, 0.15) is 12.6 Å². The van der Waals surface area contributed by atoms with Crippen molar-refractivity contribution in [2.45, 2.75) is 18.6 Å². The maximum absolute atomic E-state index is 12.5. The van der Waals surface area contributed by atoms with Gasteiger partial charge in [0.2, 0.25) is 5.91 Å². The first-order chi connectivity index (χ1) is 10.8. The molecule has 2 aromatic rings. The summed E-state index contributed by atoms with van der Waals surface area (Å²) in [6.07, 6.45) is -3.15. The lowest BCUT2D eigenvalue weighted by atomic mass is 10.2. The molecule has 1 fully saturated rings. The SMILES string of the molecule is O=C1[C@@H](n2cnc3ccc(Cl)cc3c2=O)CCN1CC(F)(F)F. The molecule has 1 aliphatic heterocycles. The number of benzene rings is 1. The third-order valence-corrected chi connectivity index (χ3v) is 3.95. The average Bonchev–Trinajstić information content (AvgIpc) is 2.80. The van der Waals surface area contributed by atoms with Gasteiger partial charge in [-0.15, -0.1) is 0 Å². The van der Waals surface area contributed by atoms with Crippen LogP contribution in [0.2, 0.25) is 5.02 Å². The summed E-state index contributed by atoms with van der Waals surface area (Å²) in [6, 6.07) is 3.60. The Hall–Kier alpha value is -2.09. The molecule has 1 saturated heterocycles. The van der Waals surface area contributed by atoms with E-state index in [0.717, 1.165) is 4.57 Å². The number of rotatable bonds is 2. The van der Waals surface area contributed by atoms with Crippen LogP contribution in [0.5, 0.6) is 0 Å². The van der Waals surface area contributed by atoms with Gasteiger partial charge >= 0.3 is 6.18 Å². The second-order valence-electron chi connectivity index (χ2n) is 5.30. The van der Waals surface area contributed by atoms with Gasteiger partial charge in [-0.1, -0.05) is 11.6 Å². The average molecular weight is 346 g/mol. The minimum absolute atomic E-state index is 0.0525. The van der Waals surface area contributed by atoms with Crippen LogP contribution in [0.15, 0.2) is 29.3 Å². The van der Waals surface area contributed by atoms with E-state index in [2.05, 4.69) is 4.98 Å². The fraction of sp³-hybridized carbons (Fsp3) is 0.357. The van der Waals surface area contributed by atoms with E-state index in [0.29, 0.717) is 15.4 Å². The third-order valence-electron chi connectivity index (χ3n) is 3.72. The summed E-state index contributed by atoms with van der Waals surface area (Å²) < 4.78 is 38.4. The van der Waals surface area contributed by atoms with Gasteiger partial charge in [-0.2, -0.15) is 13.2 Å². The number of amides is 1. The zero-order valence-electron chi connectivity index (χ0n) is 11.7. The lowest BCUT2D eigenvalue weighted by Gasteiger charge is -2.19. The monoisotopic (exact) mass is 345 g/mol. The van der Waals surface area contributed by atoms with E-state index in [1.165, 1.54) is 12.4 Å². The Kier molecular flexibility index (Phi) is 3.79. The summed E-state index contributed by atoms with van der Waals surface area (Å²) in [7, 11) is 0. The Balaban J connectivity index is 1.97. The number of carbonyl (C=O) groups excluding carboxylic acids is 1. The van der Waals surface area contributed by atoms with Crippen molar-refractivity contribution in [2.75, 3.05) is 13.1 Å². The highest BCUT2D eigenvalue weighted by Crippen LogP contribution is 2.26. The molecule has 2 heterocycles. The van der Waals surface area contributed by atoms with Crippen molar-refractivity contribution in [3.05, 3.63) is 39.9 Å². The molecule has 1 atom stereocenters. The number of aromatic nitrogens is 2. The molecule has 1 aromatic heterocycles. The van der Waals surface area contributed by atoms with Crippen molar-refractivity contribution in [2.24, 2.45) is 0 Å². The highest BCUT2D eigenvalue weighted by atomic mass is 35.5. The lowest BCUT2D eigenvalue weighted by molar-refractivity contribution is -0.158. The number of alkyl halides is 3. The number of hydrogen-bond acceptors (Lipinski definition) is 3. The van der Waals surface area contributed by atoms with Crippen LogP contribution >= 0.6 is 11.6 Å². The van der Waals surface area contributed by atoms with Crippen LogP contribution in [0, 0.1) is 0 Å². The van der Waals surface area contributed by atoms with Crippen molar-refractivity contribution in [3.8, 4) is 0 Å². The van der Waals surface area contributed by atoms with Gasteiger partial charge in [0.05, 0.1) is 17.2 Å². The van der Waals surface area contributed by atoms with Gasteiger partial charge in [0.15, 0.2) is 0 Å². The standard InChI is InChI=1S/C14H11ClF3N3O2/c15-8-1-2-10-9(5-8)12(22)21(7-19-10)11-3-4-20(13(11)23)6-14(16,17)18/h1-2,5,7,11H,3-4,6H2/t11-/m0/s1. The first kappa shape index (κ1) is 15.8. The van der Waals surface area contributed by atoms with Gasteiger partial charge in [0, 0.05) is 11.6 Å². The van der Waals surface area contributed by atoms with Crippen molar-refractivity contribution >= 4 is 28.4 Å².